The van der Waals surface area contributed by atoms with Crippen molar-refractivity contribution in [2.24, 2.45) is 0 Å². The Hall–Kier alpha value is -0.560. The van der Waals surface area contributed by atoms with Crippen molar-refractivity contribution < 1.29 is 4.74 Å². The fourth-order valence-corrected chi connectivity index (χ4v) is 2.61. The summed E-state index contributed by atoms with van der Waals surface area (Å²) >= 11 is 0. The van der Waals surface area contributed by atoms with Gasteiger partial charge in [-0.15, -0.1) is 0 Å². The van der Waals surface area contributed by atoms with Gasteiger partial charge in [-0.2, -0.15) is 0 Å². The Morgan fingerprint density at radius 1 is 0.750 bits per heavy atom. The van der Waals surface area contributed by atoms with E-state index in [1.54, 1.807) is 0 Å². The summed E-state index contributed by atoms with van der Waals surface area (Å²) in [5, 5.41) is 0. The van der Waals surface area contributed by atoms with Crippen LogP contribution in [0.2, 0.25) is 0 Å². The molecule has 0 aromatic rings. The average molecular weight is 278 g/mol. The Morgan fingerprint density at radius 2 is 1.45 bits per heavy atom. The van der Waals surface area contributed by atoms with Gasteiger partial charge in [0, 0.05) is 0 Å². The van der Waals surface area contributed by atoms with Crippen LogP contribution in [0.4, 0.5) is 0 Å². The number of rotatable bonds is 13. The summed E-state index contributed by atoms with van der Waals surface area (Å²) in [5.74, 6) is 0. The molecule has 1 aliphatic rings. The molecule has 1 heterocycles. The first-order valence-corrected chi connectivity index (χ1v) is 8.84. The second-order valence-corrected chi connectivity index (χ2v) is 5.95. The lowest BCUT2D eigenvalue weighted by Gasteiger charge is -1.99. The molecule has 1 aliphatic heterocycles. The molecule has 0 aliphatic carbocycles. The number of unbranched alkanes of at least 4 members (excludes halogenated alkanes) is 6. The van der Waals surface area contributed by atoms with E-state index in [1.165, 1.54) is 51.4 Å². The number of allylic oxidation sites excluding steroid dienone is 3. The summed E-state index contributed by atoms with van der Waals surface area (Å²) in [6.07, 6.45) is 24.5. The van der Waals surface area contributed by atoms with Crippen molar-refractivity contribution in [3.63, 3.8) is 0 Å². The van der Waals surface area contributed by atoms with E-state index < -0.39 is 0 Å². The van der Waals surface area contributed by atoms with Crippen molar-refractivity contribution in [1.29, 1.82) is 0 Å². The van der Waals surface area contributed by atoms with Crippen LogP contribution in [0.1, 0.15) is 84.5 Å². The maximum Gasteiger partial charge on any atom is 0.0876 e. The molecule has 1 fully saturated rings. The topological polar surface area (TPSA) is 12.5 Å². The van der Waals surface area contributed by atoms with Crippen LogP contribution in [0.3, 0.4) is 0 Å². The molecule has 20 heavy (non-hydrogen) atoms. The highest BCUT2D eigenvalue weighted by Gasteiger charge is 2.36. The molecule has 2 atom stereocenters. The molecule has 0 aromatic heterocycles. The zero-order valence-corrected chi connectivity index (χ0v) is 13.7. The van der Waals surface area contributed by atoms with Crippen LogP contribution in [-0.2, 0) is 4.74 Å². The largest absolute Gasteiger partial charge is 0.369 e. The van der Waals surface area contributed by atoms with Crippen LogP contribution >= 0.6 is 0 Å². The van der Waals surface area contributed by atoms with Gasteiger partial charge in [0.15, 0.2) is 0 Å². The van der Waals surface area contributed by atoms with Gasteiger partial charge in [0.25, 0.3) is 0 Å². The van der Waals surface area contributed by atoms with Crippen molar-refractivity contribution >= 4 is 0 Å². The van der Waals surface area contributed by atoms with E-state index in [2.05, 4.69) is 38.2 Å². The molecular formula is C19H34O. The third-order valence-electron chi connectivity index (χ3n) is 3.99. The van der Waals surface area contributed by atoms with Crippen molar-refractivity contribution in [2.75, 3.05) is 0 Å². The standard InChI is InChI=1S/C19H34O/c1-3-5-7-9-11-13-15-17-19-18(20-19)16-14-12-10-8-6-4-2/h6,8,12,14,18-19H,3-5,7,9-11,13,15-17H2,1-2H3/t18-,19+/m0/s1. The lowest BCUT2D eigenvalue weighted by atomic mass is 10.1. The molecule has 0 radical (unpaired) electrons. The molecule has 116 valence electrons. The predicted molar refractivity (Wildman–Crippen MR) is 89.1 cm³/mol. The van der Waals surface area contributed by atoms with Crippen LogP contribution in [0.15, 0.2) is 24.3 Å². The Morgan fingerprint density at radius 3 is 2.20 bits per heavy atom. The fraction of sp³-hybridized carbons (Fsp3) is 0.789. The van der Waals surface area contributed by atoms with Gasteiger partial charge in [0.2, 0.25) is 0 Å². The number of hydrogen-bond acceptors (Lipinski definition) is 1. The van der Waals surface area contributed by atoms with Crippen LogP contribution in [0.5, 0.6) is 0 Å². The number of hydrogen-bond donors (Lipinski definition) is 0. The Balaban J connectivity index is 1.85. The highest BCUT2D eigenvalue weighted by Crippen LogP contribution is 2.30. The van der Waals surface area contributed by atoms with Gasteiger partial charge in [0.1, 0.15) is 0 Å². The average Bonchev–Trinajstić information content (AvgIpc) is 3.20. The summed E-state index contributed by atoms with van der Waals surface area (Å²) < 4.78 is 5.72. The maximum atomic E-state index is 5.72. The summed E-state index contributed by atoms with van der Waals surface area (Å²) in [7, 11) is 0. The summed E-state index contributed by atoms with van der Waals surface area (Å²) in [5.41, 5.74) is 0. The predicted octanol–water partition coefficient (Wildman–Crippen LogP) is 6.20. The minimum absolute atomic E-state index is 0.529. The Bertz CT molecular complexity index is 267. The molecule has 0 amide bonds. The quantitative estimate of drug-likeness (QED) is 0.222. The Kier molecular flexibility index (Phi) is 10.7. The Labute approximate surface area is 126 Å². The van der Waals surface area contributed by atoms with Crippen LogP contribution in [0, 0.1) is 0 Å². The first-order chi connectivity index (χ1) is 9.88. The minimum atomic E-state index is 0.529. The first-order valence-electron chi connectivity index (χ1n) is 8.84. The highest BCUT2D eigenvalue weighted by atomic mass is 16.6. The molecule has 0 N–H and O–H groups in total. The van der Waals surface area contributed by atoms with E-state index in [1.807, 2.05) is 0 Å². The summed E-state index contributed by atoms with van der Waals surface area (Å²) in [6, 6.07) is 0. The summed E-state index contributed by atoms with van der Waals surface area (Å²) in [6.45, 7) is 4.45. The highest BCUT2D eigenvalue weighted by molar-refractivity contribution is 4.97. The van der Waals surface area contributed by atoms with Crippen LogP contribution in [-0.4, -0.2) is 12.2 Å². The van der Waals surface area contributed by atoms with Crippen molar-refractivity contribution in [2.45, 2.75) is 96.7 Å². The summed E-state index contributed by atoms with van der Waals surface area (Å²) in [4.78, 5) is 0. The molecule has 1 nitrogen and oxygen atoms in total. The molecular weight excluding hydrogens is 244 g/mol. The van der Waals surface area contributed by atoms with Gasteiger partial charge in [0.05, 0.1) is 12.2 Å². The zero-order chi connectivity index (χ0) is 14.5. The monoisotopic (exact) mass is 278 g/mol. The fourth-order valence-electron chi connectivity index (χ4n) is 2.61. The molecule has 1 saturated heterocycles. The molecule has 0 aromatic carbocycles. The molecule has 0 saturated carbocycles. The normalized spacial score (nSPS) is 22.1. The van der Waals surface area contributed by atoms with E-state index in [4.69, 9.17) is 4.74 Å². The molecule has 0 bridgehead atoms. The molecule has 0 unspecified atom stereocenters. The van der Waals surface area contributed by atoms with Gasteiger partial charge < -0.3 is 4.74 Å². The minimum Gasteiger partial charge on any atom is -0.369 e. The van der Waals surface area contributed by atoms with Crippen molar-refractivity contribution in [3.05, 3.63) is 24.3 Å². The van der Waals surface area contributed by atoms with Gasteiger partial charge >= 0.3 is 0 Å². The van der Waals surface area contributed by atoms with Gasteiger partial charge in [-0.3, -0.25) is 0 Å². The van der Waals surface area contributed by atoms with Gasteiger partial charge in [-0.05, 0) is 25.7 Å². The van der Waals surface area contributed by atoms with Crippen molar-refractivity contribution in [3.8, 4) is 0 Å². The third kappa shape index (κ3) is 9.36. The first kappa shape index (κ1) is 17.5. The second-order valence-electron chi connectivity index (χ2n) is 5.95. The molecule has 0 spiro atoms. The lowest BCUT2D eigenvalue weighted by Crippen LogP contribution is -1.92. The van der Waals surface area contributed by atoms with Gasteiger partial charge in [-0.25, -0.2) is 0 Å². The smallest absolute Gasteiger partial charge is 0.0876 e. The number of epoxide rings is 1. The van der Waals surface area contributed by atoms with Crippen LogP contribution in [0.25, 0.3) is 0 Å². The van der Waals surface area contributed by atoms with Crippen LogP contribution < -0.4 is 0 Å². The lowest BCUT2D eigenvalue weighted by molar-refractivity contribution is 0.358. The second kappa shape index (κ2) is 12.2. The van der Waals surface area contributed by atoms with E-state index >= 15 is 0 Å². The number of ether oxygens (including phenoxy) is 1. The zero-order valence-electron chi connectivity index (χ0n) is 13.7. The maximum absolute atomic E-state index is 5.72. The molecule has 1 heteroatoms. The van der Waals surface area contributed by atoms with Crippen molar-refractivity contribution in [1.82, 2.24) is 0 Å². The SMILES string of the molecule is CCC=CCC=CC[C@@H]1O[C@@H]1CCCCCCCCC. The third-order valence-corrected chi connectivity index (χ3v) is 3.99. The van der Waals surface area contributed by atoms with Gasteiger partial charge in [-0.1, -0.05) is 83.1 Å². The van der Waals surface area contributed by atoms with E-state index in [0.717, 1.165) is 19.3 Å². The van der Waals surface area contributed by atoms with E-state index in [-0.39, 0.29) is 0 Å². The van der Waals surface area contributed by atoms with E-state index in [9.17, 15) is 0 Å². The molecule has 1 rings (SSSR count). The van der Waals surface area contributed by atoms with E-state index in [0.29, 0.717) is 12.2 Å².